The molecule has 0 fully saturated rings. The molecular weight excluding hydrogens is 236 g/mol. The van der Waals surface area contributed by atoms with Crippen molar-refractivity contribution in [3.63, 3.8) is 0 Å². The number of anilines is 1. The summed E-state index contributed by atoms with van der Waals surface area (Å²) in [6.45, 7) is 2.21. The SMILES string of the molecule is CSCC(C)N(C)c1nc(CCl)cs1. The van der Waals surface area contributed by atoms with Crippen LogP contribution in [0.25, 0.3) is 0 Å². The number of alkyl halides is 1. The highest BCUT2D eigenvalue weighted by Crippen LogP contribution is 2.22. The van der Waals surface area contributed by atoms with Gasteiger partial charge in [0.15, 0.2) is 5.13 Å². The third kappa shape index (κ3) is 3.04. The summed E-state index contributed by atoms with van der Waals surface area (Å²) in [7, 11) is 2.08. The number of hydrogen-bond acceptors (Lipinski definition) is 4. The van der Waals surface area contributed by atoms with E-state index in [1.54, 1.807) is 11.3 Å². The molecule has 0 saturated heterocycles. The van der Waals surface area contributed by atoms with Crippen LogP contribution in [0, 0.1) is 0 Å². The molecule has 0 aliphatic carbocycles. The molecule has 0 amide bonds. The van der Waals surface area contributed by atoms with Crippen LogP contribution in [-0.4, -0.2) is 30.1 Å². The molecule has 2 nitrogen and oxygen atoms in total. The average molecular weight is 251 g/mol. The lowest BCUT2D eigenvalue weighted by molar-refractivity contribution is 0.761. The van der Waals surface area contributed by atoms with E-state index in [9.17, 15) is 0 Å². The maximum atomic E-state index is 5.71. The van der Waals surface area contributed by atoms with Crippen LogP contribution >= 0.6 is 34.7 Å². The monoisotopic (exact) mass is 250 g/mol. The molecule has 0 aliphatic rings. The number of rotatable bonds is 5. The standard InChI is InChI=1S/C9H15ClN2S2/c1-7(5-13-3)12(2)9-11-8(4-10)6-14-9/h6-7H,4-5H2,1-3H3. The lowest BCUT2D eigenvalue weighted by Crippen LogP contribution is -2.30. The Morgan fingerprint density at radius 3 is 2.93 bits per heavy atom. The molecule has 1 atom stereocenters. The fraction of sp³-hybridized carbons (Fsp3) is 0.667. The second-order valence-corrected chi connectivity index (χ2v) is 5.18. The minimum atomic E-state index is 0.501. The van der Waals surface area contributed by atoms with Gasteiger partial charge in [-0.15, -0.1) is 22.9 Å². The van der Waals surface area contributed by atoms with E-state index in [1.807, 2.05) is 17.1 Å². The van der Waals surface area contributed by atoms with Gasteiger partial charge in [0, 0.05) is 24.2 Å². The molecule has 0 aromatic carbocycles. The van der Waals surface area contributed by atoms with Gasteiger partial charge in [0.05, 0.1) is 11.6 Å². The van der Waals surface area contributed by atoms with Crippen LogP contribution in [0.2, 0.25) is 0 Å². The number of thiazole rings is 1. The molecule has 0 bridgehead atoms. The predicted molar refractivity (Wildman–Crippen MR) is 67.9 cm³/mol. The highest BCUT2D eigenvalue weighted by Gasteiger charge is 2.12. The summed E-state index contributed by atoms with van der Waals surface area (Å²) in [5.41, 5.74) is 0.967. The maximum Gasteiger partial charge on any atom is 0.185 e. The van der Waals surface area contributed by atoms with Crippen LogP contribution in [-0.2, 0) is 5.88 Å². The maximum absolute atomic E-state index is 5.71. The van der Waals surface area contributed by atoms with Crippen LogP contribution in [0.5, 0.6) is 0 Å². The second-order valence-electron chi connectivity index (χ2n) is 3.17. The molecule has 0 radical (unpaired) electrons. The lowest BCUT2D eigenvalue weighted by Gasteiger charge is -2.23. The van der Waals surface area contributed by atoms with Crippen molar-refractivity contribution in [1.82, 2.24) is 4.98 Å². The Kier molecular flexibility index (Phi) is 5.06. The Morgan fingerprint density at radius 2 is 2.43 bits per heavy atom. The molecule has 0 spiro atoms. The number of thioether (sulfide) groups is 1. The Morgan fingerprint density at radius 1 is 1.71 bits per heavy atom. The van der Waals surface area contributed by atoms with Crippen molar-refractivity contribution >= 4 is 39.8 Å². The normalized spacial score (nSPS) is 12.9. The van der Waals surface area contributed by atoms with Crippen LogP contribution in [0.3, 0.4) is 0 Å². The molecule has 1 rings (SSSR count). The molecule has 1 aromatic rings. The summed E-state index contributed by atoms with van der Waals surface area (Å²) in [4.78, 5) is 6.64. The smallest absolute Gasteiger partial charge is 0.185 e. The Balaban J connectivity index is 2.63. The van der Waals surface area contributed by atoms with Gasteiger partial charge in [0.25, 0.3) is 0 Å². The predicted octanol–water partition coefficient (Wildman–Crippen LogP) is 3.07. The van der Waals surface area contributed by atoms with Gasteiger partial charge in [-0.3, -0.25) is 0 Å². The molecule has 0 N–H and O–H groups in total. The molecular formula is C9H15ClN2S2. The second kappa shape index (κ2) is 5.83. The zero-order valence-electron chi connectivity index (χ0n) is 8.66. The Labute approximate surface area is 98.7 Å². The third-order valence-corrected chi connectivity index (χ3v) is 4.12. The van der Waals surface area contributed by atoms with Gasteiger partial charge in [-0.1, -0.05) is 0 Å². The van der Waals surface area contributed by atoms with E-state index in [0.29, 0.717) is 11.9 Å². The van der Waals surface area contributed by atoms with E-state index in [0.717, 1.165) is 16.6 Å². The molecule has 5 heteroatoms. The summed E-state index contributed by atoms with van der Waals surface area (Å²) in [6, 6.07) is 0.513. The number of halogens is 1. The van der Waals surface area contributed by atoms with E-state index in [2.05, 4.69) is 30.1 Å². The van der Waals surface area contributed by atoms with E-state index < -0.39 is 0 Å². The zero-order valence-corrected chi connectivity index (χ0v) is 11.0. The molecule has 80 valence electrons. The Bertz CT molecular complexity index is 278. The molecule has 0 aliphatic heterocycles. The van der Waals surface area contributed by atoms with E-state index in [4.69, 9.17) is 11.6 Å². The highest BCUT2D eigenvalue weighted by molar-refractivity contribution is 7.98. The summed E-state index contributed by atoms with van der Waals surface area (Å²) in [6.07, 6.45) is 2.12. The summed E-state index contributed by atoms with van der Waals surface area (Å²) >= 11 is 9.22. The quantitative estimate of drug-likeness (QED) is 0.748. The van der Waals surface area contributed by atoms with E-state index >= 15 is 0 Å². The summed E-state index contributed by atoms with van der Waals surface area (Å²) in [5.74, 6) is 1.62. The molecule has 1 heterocycles. The van der Waals surface area contributed by atoms with E-state index in [1.165, 1.54) is 0 Å². The third-order valence-electron chi connectivity index (χ3n) is 2.05. The van der Waals surface area contributed by atoms with Crippen LogP contribution < -0.4 is 4.90 Å². The van der Waals surface area contributed by atoms with Crippen molar-refractivity contribution in [2.75, 3.05) is 24.0 Å². The van der Waals surface area contributed by atoms with Crippen molar-refractivity contribution in [3.05, 3.63) is 11.1 Å². The van der Waals surface area contributed by atoms with E-state index in [-0.39, 0.29) is 0 Å². The lowest BCUT2D eigenvalue weighted by atomic mass is 10.4. The van der Waals surface area contributed by atoms with Crippen LogP contribution in [0.1, 0.15) is 12.6 Å². The van der Waals surface area contributed by atoms with Crippen molar-refractivity contribution in [2.24, 2.45) is 0 Å². The Hall–Kier alpha value is 0.0700. The molecule has 1 unspecified atom stereocenters. The molecule has 1 aromatic heterocycles. The number of hydrogen-bond donors (Lipinski definition) is 0. The van der Waals surface area contributed by atoms with Crippen molar-refractivity contribution in [2.45, 2.75) is 18.8 Å². The molecule has 14 heavy (non-hydrogen) atoms. The average Bonchev–Trinajstić information content (AvgIpc) is 2.65. The largest absolute Gasteiger partial charge is 0.348 e. The minimum Gasteiger partial charge on any atom is -0.348 e. The van der Waals surface area contributed by atoms with Gasteiger partial charge >= 0.3 is 0 Å². The highest BCUT2D eigenvalue weighted by atomic mass is 35.5. The van der Waals surface area contributed by atoms with Crippen LogP contribution in [0.15, 0.2) is 5.38 Å². The van der Waals surface area contributed by atoms with Gasteiger partial charge in [-0.2, -0.15) is 11.8 Å². The van der Waals surface area contributed by atoms with Gasteiger partial charge in [-0.25, -0.2) is 4.98 Å². The van der Waals surface area contributed by atoms with Crippen molar-refractivity contribution < 1.29 is 0 Å². The van der Waals surface area contributed by atoms with Crippen molar-refractivity contribution in [1.29, 1.82) is 0 Å². The topological polar surface area (TPSA) is 16.1 Å². The number of aromatic nitrogens is 1. The molecule has 0 saturated carbocycles. The first-order valence-corrected chi connectivity index (χ1v) is 7.22. The first-order valence-electron chi connectivity index (χ1n) is 4.41. The fourth-order valence-corrected chi connectivity index (χ4v) is 2.89. The van der Waals surface area contributed by atoms with Crippen molar-refractivity contribution in [3.8, 4) is 0 Å². The first kappa shape index (κ1) is 12.1. The van der Waals surface area contributed by atoms with Gasteiger partial charge in [-0.05, 0) is 13.2 Å². The fourth-order valence-electron chi connectivity index (χ4n) is 1.06. The summed E-state index contributed by atoms with van der Waals surface area (Å²) in [5, 5.41) is 3.08. The van der Waals surface area contributed by atoms with Crippen LogP contribution in [0.4, 0.5) is 5.13 Å². The van der Waals surface area contributed by atoms with Gasteiger partial charge < -0.3 is 4.90 Å². The zero-order chi connectivity index (χ0) is 10.6. The van der Waals surface area contributed by atoms with Gasteiger partial charge in [0.1, 0.15) is 0 Å². The van der Waals surface area contributed by atoms with Gasteiger partial charge in [0.2, 0.25) is 0 Å². The minimum absolute atomic E-state index is 0.501. The number of nitrogens with zero attached hydrogens (tertiary/aromatic N) is 2. The summed E-state index contributed by atoms with van der Waals surface area (Å²) < 4.78 is 0. The first-order chi connectivity index (χ1) is 6.69.